The number of anilines is 2. The lowest BCUT2D eigenvalue weighted by Gasteiger charge is -2.30. The number of rotatable bonds is 10. The first-order valence-electron chi connectivity index (χ1n) is 21.3. The number of amides is 2. The number of carboxylic acid groups (broad SMARTS) is 1. The number of hydrogen-bond donors (Lipinski definition) is 4. The number of nitrogens with one attached hydrogen (secondary N) is 3. The summed E-state index contributed by atoms with van der Waals surface area (Å²) in [6.45, 7) is 14.3. The van der Waals surface area contributed by atoms with E-state index in [1.165, 1.54) is 0 Å². The van der Waals surface area contributed by atoms with Crippen molar-refractivity contribution in [2.75, 3.05) is 11.9 Å². The van der Waals surface area contributed by atoms with Crippen molar-refractivity contribution < 1.29 is 19.1 Å². The van der Waals surface area contributed by atoms with Crippen LogP contribution in [0.4, 0.5) is 20.7 Å². The Bertz CT molecular complexity index is 2960. The molecule has 2 aliphatic rings. The molecule has 5 heterocycles. The number of halogens is 1. The first-order valence-corrected chi connectivity index (χ1v) is 21.3. The van der Waals surface area contributed by atoms with Crippen LogP contribution in [0.5, 0.6) is 0 Å². The lowest BCUT2D eigenvalue weighted by atomic mass is 9.98. The number of amidine groups is 1. The van der Waals surface area contributed by atoms with E-state index in [0.29, 0.717) is 47.7 Å². The highest BCUT2D eigenvalue weighted by Gasteiger charge is 2.59. The van der Waals surface area contributed by atoms with Gasteiger partial charge in [-0.1, -0.05) is 33.8 Å². The van der Waals surface area contributed by atoms with Crippen LogP contribution in [0.1, 0.15) is 90.0 Å². The minimum Gasteiger partial charge on any atom is -0.465 e. The highest BCUT2D eigenvalue weighted by atomic mass is 19.1. The van der Waals surface area contributed by atoms with E-state index in [9.17, 15) is 14.3 Å². The maximum Gasteiger partial charge on any atom is 0.410 e. The largest absolute Gasteiger partial charge is 0.465 e. The molecule has 0 radical (unpaired) electrons. The fourth-order valence-electron chi connectivity index (χ4n) is 9.36. The van der Waals surface area contributed by atoms with Crippen molar-refractivity contribution in [1.82, 2.24) is 44.3 Å². The third-order valence-electron chi connectivity index (χ3n) is 12.8. The molecule has 1 fully saturated rings. The second-order valence-corrected chi connectivity index (χ2v) is 17.2. The van der Waals surface area contributed by atoms with Crippen LogP contribution in [0.3, 0.4) is 0 Å². The van der Waals surface area contributed by atoms with Crippen LogP contribution in [-0.4, -0.2) is 68.5 Å². The van der Waals surface area contributed by atoms with Crippen LogP contribution in [-0.2, 0) is 24.9 Å². The maximum atomic E-state index is 15.2. The molecule has 1 aliphatic heterocycles. The van der Waals surface area contributed by atoms with Gasteiger partial charge in [-0.15, -0.1) is 10.2 Å². The van der Waals surface area contributed by atoms with Crippen LogP contribution in [0.15, 0.2) is 79.3 Å². The lowest BCUT2D eigenvalue weighted by Crippen LogP contribution is -2.44. The van der Waals surface area contributed by atoms with Crippen LogP contribution >= 0.6 is 0 Å². The van der Waals surface area contributed by atoms with Crippen molar-refractivity contribution in [3.63, 3.8) is 0 Å². The predicted octanol–water partition coefficient (Wildman–Crippen LogP) is 9.14. The Morgan fingerprint density at radius 1 is 1.02 bits per heavy atom. The molecule has 2 amide bonds. The van der Waals surface area contributed by atoms with Gasteiger partial charge in [-0.2, -0.15) is 5.10 Å². The highest BCUT2D eigenvalue weighted by Crippen LogP contribution is 2.53. The van der Waals surface area contributed by atoms with Crippen LogP contribution < -0.4 is 10.6 Å². The summed E-state index contributed by atoms with van der Waals surface area (Å²) in [4.78, 5) is 33.5. The lowest BCUT2D eigenvalue weighted by molar-refractivity contribution is 0.0722. The molecule has 0 spiro atoms. The normalized spacial score (nSPS) is 17.0. The fourth-order valence-corrected chi connectivity index (χ4v) is 9.36. The summed E-state index contributed by atoms with van der Waals surface area (Å²) < 4.78 is 20.6. The monoisotopic (exact) mass is 847 g/mol. The van der Waals surface area contributed by atoms with Crippen molar-refractivity contribution in [2.45, 2.75) is 85.7 Å². The Balaban J connectivity index is 1.13. The summed E-state index contributed by atoms with van der Waals surface area (Å²) in [5.41, 5.74) is 9.12. The van der Waals surface area contributed by atoms with Crippen LogP contribution in [0.2, 0.25) is 0 Å². The van der Waals surface area contributed by atoms with E-state index in [1.807, 2.05) is 70.8 Å². The average Bonchev–Trinajstić information content (AvgIpc) is 3.61. The molecule has 7 aromatic rings. The number of fused-ring (bicyclic) bond motifs is 2. The zero-order chi connectivity index (χ0) is 44.5. The molecule has 1 aliphatic carbocycles. The van der Waals surface area contributed by atoms with Gasteiger partial charge in [0, 0.05) is 58.6 Å². The van der Waals surface area contributed by atoms with E-state index in [-0.39, 0.29) is 35.9 Å². The molecule has 0 saturated heterocycles. The average molecular weight is 848 g/mol. The van der Waals surface area contributed by atoms with Gasteiger partial charge in [0.15, 0.2) is 0 Å². The molecular weight excluding hydrogens is 798 g/mol. The summed E-state index contributed by atoms with van der Waals surface area (Å²) in [5.74, 6) is 0.856. The van der Waals surface area contributed by atoms with Crippen LogP contribution in [0.25, 0.3) is 33.4 Å². The summed E-state index contributed by atoms with van der Waals surface area (Å²) in [7, 11) is 0. The van der Waals surface area contributed by atoms with E-state index in [4.69, 9.17) is 10.5 Å². The maximum absolute atomic E-state index is 15.2. The van der Waals surface area contributed by atoms with E-state index in [2.05, 4.69) is 59.6 Å². The molecule has 0 bridgehead atoms. The molecule has 3 aromatic carbocycles. The molecule has 63 heavy (non-hydrogen) atoms. The third kappa shape index (κ3) is 7.01. The molecule has 4 N–H and O–H groups in total. The second kappa shape index (κ2) is 15.6. The fraction of sp³-hybridized carbons (Fsp3) is 0.312. The number of aryl methyl sites for hydroxylation is 3. The molecule has 14 nitrogen and oxygen atoms in total. The Kier molecular flexibility index (Phi) is 10.2. The quantitative estimate of drug-likeness (QED) is 0.0780. The first kappa shape index (κ1) is 41.2. The van der Waals surface area contributed by atoms with Gasteiger partial charge in [-0.3, -0.25) is 25.1 Å². The van der Waals surface area contributed by atoms with Crippen molar-refractivity contribution in [2.24, 2.45) is 5.92 Å². The number of pyridine rings is 1. The molecule has 4 aromatic heterocycles. The standard InChI is InChI=1S/C48H50FN11O3/c1-8-38-30(7)36(15-17-51-38)31-9-14-40-32(21-31)22-41(59(40)48(23-29(48)6)46(50)54-47(62)63)45(61)57-18-16-39-37(24-57)44(60(56-39)35-19-27(4)42(49)28(5)20-35)53-33-10-12-34(13-11-33)58-25-52-55-43(58)26(2)3/h9-15,17,19-22,25-26,29,53H,8,16,18,23-24H2,1-7H3,(H2,50,54)(H,62,63)/t29-,48-/m0/s1. The summed E-state index contributed by atoms with van der Waals surface area (Å²) >= 11 is 0. The SMILES string of the molecule is CCc1nccc(-c2ccc3c(c2)cc(C(=O)N2CCc4nn(-c5cc(C)c(F)c(C)c5)c(Nc5ccc(-n6cnnc6C(C)C)cc5)c4C2)n3[C@@]2(C(=N)NC(=O)O)C[C@@H]2C)c1C. The number of carbonyl (C=O) groups is 2. The van der Waals surface area contributed by atoms with E-state index < -0.39 is 11.6 Å². The highest BCUT2D eigenvalue weighted by molar-refractivity contribution is 6.05. The number of carbonyl (C=O) groups excluding carboxylic acids is 1. The van der Waals surface area contributed by atoms with Crippen molar-refractivity contribution in [3.8, 4) is 22.5 Å². The Morgan fingerprint density at radius 3 is 2.41 bits per heavy atom. The molecule has 2 atom stereocenters. The van der Waals surface area contributed by atoms with Gasteiger partial charge in [0.25, 0.3) is 5.91 Å². The number of aromatic nitrogens is 7. The molecular formula is C48H50FN11O3. The van der Waals surface area contributed by atoms with Gasteiger partial charge in [0.2, 0.25) is 0 Å². The minimum absolute atomic E-state index is 0.119. The summed E-state index contributed by atoms with van der Waals surface area (Å²) in [6.07, 6.45) is 3.92. The van der Waals surface area contributed by atoms with Crippen molar-refractivity contribution in [1.29, 1.82) is 5.41 Å². The molecule has 1 saturated carbocycles. The number of benzene rings is 3. The van der Waals surface area contributed by atoms with Crippen molar-refractivity contribution >= 4 is 40.2 Å². The zero-order valence-corrected chi connectivity index (χ0v) is 36.4. The summed E-state index contributed by atoms with van der Waals surface area (Å²) in [5, 5.41) is 39.0. The number of nitrogens with zero attached hydrogens (tertiary/aromatic N) is 8. The van der Waals surface area contributed by atoms with Gasteiger partial charge in [-0.25, -0.2) is 13.9 Å². The third-order valence-corrected chi connectivity index (χ3v) is 12.8. The van der Waals surface area contributed by atoms with Gasteiger partial charge in [-0.05, 0) is 128 Å². The molecule has 322 valence electrons. The smallest absolute Gasteiger partial charge is 0.410 e. The Hall–Kier alpha value is -7.16. The molecule has 9 rings (SSSR count). The van der Waals surface area contributed by atoms with E-state index in [1.54, 1.807) is 41.9 Å². The van der Waals surface area contributed by atoms with E-state index >= 15 is 4.79 Å². The van der Waals surface area contributed by atoms with Gasteiger partial charge < -0.3 is 19.9 Å². The minimum atomic E-state index is -1.33. The van der Waals surface area contributed by atoms with E-state index in [0.717, 1.165) is 68.2 Å². The first-order chi connectivity index (χ1) is 30.2. The zero-order valence-electron chi connectivity index (χ0n) is 36.4. The number of hydrogen-bond acceptors (Lipinski definition) is 8. The Labute approximate surface area is 364 Å². The van der Waals surface area contributed by atoms with Gasteiger partial charge >= 0.3 is 6.09 Å². The summed E-state index contributed by atoms with van der Waals surface area (Å²) in [6, 6.07) is 21.4. The Morgan fingerprint density at radius 2 is 1.75 bits per heavy atom. The van der Waals surface area contributed by atoms with Crippen LogP contribution in [0, 0.1) is 37.9 Å². The topological polar surface area (TPSA) is 172 Å². The van der Waals surface area contributed by atoms with Gasteiger partial charge in [0.1, 0.15) is 40.9 Å². The van der Waals surface area contributed by atoms with Gasteiger partial charge in [0.05, 0.1) is 17.9 Å². The predicted molar refractivity (Wildman–Crippen MR) is 240 cm³/mol. The molecule has 15 heteroatoms. The molecule has 0 unspecified atom stereocenters. The second-order valence-electron chi connectivity index (χ2n) is 17.2. The van der Waals surface area contributed by atoms with Crippen molar-refractivity contribution in [3.05, 3.63) is 130 Å².